The van der Waals surface area contributed by atoms with Gasteiger partial charge in [0.15, 0.2) is 0 Å². The Balaban J connectivity index is 1.81. The van der Waals surface area contributed by atoms with Crippen LogP contribution in [0.25, 0.3) is 0 Å². The van der Waals surface area contributed by atoms with Crippen molar-refractivity contribution in [1.82, 2.24) is 15.2 Å². The van der Waals surface area contributed by atoms with Gasteiger partial charge in [0.25, 0.3) is 5.91 Å². The number of pyridine rings is 1. The molecule has 0 spiro atoms. The van der Waals surface area contributed by atoms with Crippen molar-refractivity contribution < 1.29 is 13.9 Å². The van der Waals surface area contributed by atoms with Crippen LogP contribution in [0.2, 0.25) is 10.2 Å². The van der Waals surface area contributed by atoms with E-state index in [0.29, 0.717) is 41.0 Å². The highest BCUT2D eigenvalue weighted by atomic mass is 35.5. The molecule has 1 amide bonds. The van der Waals surface area contributed by atoms with Crippen molar-refractivity contribution in [3.63, 3.8) is 0 Å². The van der Waals surface area contributed by atoms with Crippen LogP contribution in [-0.2, 0) is 4.74 Å². The molecule has 5 nitrogen and oxygen atoms in total. The van der Waals surface area contributed by atoms with E-state index < -0.39 is 11.9 Å². The van der Waals surface area contributed by atoms with Gasteiger partial charge in [0, 0.05) is 36.4 Å². The molecular formula is C19H20Cl2FN3O2. The molecule has 1 fully saturated rings. The molecule has 0 aliphatic carbocycles. The van der Waals surface area contributed by atoms with Crippen LogP contribution in [0, 0.1) is 5.82 Å². The minimum absolute atomic E-state index is 0.0166. The van der Waals surface area contributed by atoms with E-state index in [4.69, 9.17) is 27.9 Å². The summed E-state index contributed by atoms with van der Waals surface area (Å²) in [5.41, 5.74) is 0.760. The molecule has 2 unspecified atom stereocenters. The summed E-state index contributed by atoms with van der Waals surface area (Å²) in [6, 6.07) is 7.33. The first kappa shape index (κ1) is 20.0. The zero-order chi connectivity index (χ0) is 19.4. The van der Waals surface area contributed by atoms with Gasteiger partial charge in [-0.25, -0.2) is 9.37 Å². The predicted octanol–water partition coefficient (Wildman–Crippen LogP) is 3.72. The van der Waals surface area contributed by atoms with Crippen molar-refractivity contribution in [2.75, 3.05) is 26.2 Å². The molecule has 1 saturated heterocycles. The number of nitrogens with one attached hydrogen (secondary N) is 1. The Morgan fingerprint density at radius 2 is 2.22 bits per heavy atom. The van der Waals surface area contributed by atoms with Crippen LogP contribution in [0.5, 0.6) is 0 Å². The smallest absolute Gasteiger partial charge is 0.252 e. The number of morpholine rings is 1. The first-order valence-corrected chi connectivity index (χ1v) is 9.40. The first-order chi connectivity index (χ1) is 13.0. The largest absolute Gasteiger partial charge is 0.376 e. The van der Waals surface area contributed by atoms with Crippen molar-refractivity contribution in [3.8, 4) is 0 Å². The van der Waals surface area contributed by atoms with Crippen molar-refractivity contribution in [2.24, 2.45) is 0 Å². The second-order valence-corrected chi connectivity index (χ2v) is 7.20. The van der Waals surface area contributed by atoms with Crippen LogP contribution in [0.1, 0.15) is 28.9 Å². The fourth-order valence-electron chi connectivity index (χ4n) is 3.17. The van der Waals surface area contributed by atoms with Gasteiger partial charge in [-0.15, -0.1) is 0 Å². The number of carbonyl (C=O) groups excluding carboxylic acids is 1. The maximum atomic E-state index is 14.6. The summed E-state index contributed by atoms with van der Waals surface area (Å²) in [6.45, 7) is 3.95. The minimum atomic E-state index is -0.408. The van der Waals surface area contributed by atoms with E-state index in [1.165, 1.54) is 12.3 Å². The lowest BCUT2D eigenvalue weighted by Crippen LogP contribution is -2.47. The maximum absolute atomic E-state index is 14.6. The molecule has 2 heterocycles. The van der Waals surface area contributed by atoms with Gasteiger partial charge in [-0.05, 0) is 31.2 Å². The Bertz CT molecular complexity index is 784. The molecular weight excluding hydrogens is 392 g/mol. The third-order valence-electron chi connectivity index (χ3n) is 4.49. The normalized spacial score (nSPS) is 18.9. The predicted molar refractivity (Wildman–Crippen MR) is 103 cm³/mol. The third kappa shape index (κ3) is 4.96. The Labute approximate surface area is 167 Å². The standard InChI is InChI=1S/C19H20Cl2FN3O2/c1-12-11-25(7-8-27-12)16(18-14(20)3-2-4-15(18)22)10-24-19(26)13-5-6-17(21)23-9-13/h2-6,9,12,16H,7-8,10-11H2,1H3,(H,24,26). The van der Waals surface area contributed by atoms with Crippen LogP contribution < -0.4 is 5.32 Å². The van der Waals surface area contributed by atoms with Crippen molar-refractivity contribution in [3.05, 3.63) is 63.6 Å². The van der Waals surface area contributed by atoms with Gasteiger partial charge in [0.1, 0.15) is 11.0 Å². The third-order valence-corrected chi connectivity index (χ3v) is 5.04. The molecule has 144 valence electrons. The zero-order valence-electron chi connectivity index (χ0n) is 14.8. The molecule has 0 saturated carbocycles. The summed E-state index contributed by atoms with van der Waals surface area (Å²) in [6.07, 6.45) is 1.42. The zero-order valence-corrected chi connectivity index (χ0v) is 16.3. The summed E-state index contributed by atoms with van der Waals surface area (Å²) in [4.78, 5) is 18.4. The number of benzene rings is 1. The molecule has 1 N–H and O–H groups in total. The van der Waals surface area contributed by atoms with Crippen LogP contribution in [0.3, 0.4) is 0 Å². The van der Waals surface area contributed by atoms with Crippen LogP contribution in [0.4, 0.5) is 4.39 Å². The Morgan fingerprint density at radius 1 is 1.41 bits per heavy atom. The highest BCUT2D eigenvalue weighted by molar-refractivity contribution is 6.31. The molecule has 2 aromatic rings. The molecule has 27 heavy (non-hydrogen) atoms. The lowest BCUT2D eigenvalue weighted by atomic mass is 10.0. The number of hydrogen-bond donors (Lipinski definition) is 1. The average Bonchev–Trinajstić information content (AvgIpc) is 2.64. The number of hydrogen-bond acceptors (Lipinski definition) is 4. The number of nitrogens with zero attached hydrogens (tertiary/aromatic N) is 2. The van der Waals surface area contributed by atoms with Crippen molar-refractivity contribution >= 4 is 29.1 Å². The van der Waals surface area contributed by atoms with Gasteiger partial charge in [0.05, 0.1) is 24.3 Å². The summed E-state index contributed by atoms with van der Waals surface area (Å²) < 4.78 is 20.1. The summed E-state index contributed by atoms with van der Waals surface area (Å²) in [7, 11) is 0. The molecule has 0 radical (unpaired) electrons. The molecule has 0 bridgehead atoms. The fourth-order valence-corrected chi connectivity index (χ4v) is 3.57. The van der Waals surface area contributed by atoms with Crippen LogP contribution >= 0.6 is 23.2 Å². The average molecular weight is 412 g/mol. The number of rotatable bonds is 5. The van der Waals surface area contributed by atoms with Gasteiger partial charge in [-0.1, -0.05) is 29.3 Å². The number of aromatic nitrogens is 1. The molecule has 8 heteroatoms. The second-order valence-electron chi connectivity index (χ2n) is 6.41. The monoisotopic (exact) mass is 411 g/mol. The van der Waals surface area contributed by atoms with E-state index in [-0.39, 0.29) is 18.6 Å². The molecule has 3 rings (SSSR count). The van der Waals surface area contributed by atoms with E-state index in [1.807, 2.05) is 6.92 Å². The minimum Gasteiger partial charge on any atom is -0.376 e. The van der Waals surface area contributed by atoms with Gasteiger partial charge in [-0.2, -0.15) is 0 Å². The first-order valence-electron chi connectivity index (χ1n) is 8.65. The quantitative estimate of drug-likeness (QED) is 0.761. The van der Waals surface area contributed by atoms with Crippen LogP contribution in [-0.4, -0.2) is 48.1 Å². The van der Waals surface area contributed by atoms with Crippen molar-refractivity contribution in [2.45, 2.75) is 19.1 Å². The lowest BCUT2D eigenvalue weighted by Gasteiger charge is -2.38. The Hall–Kier alpha value is -1.73. The van der Waals surface area contributed by atoms with Gasteiger partial charge in [-0.3, -0.25) is 9.69 Å². The molecule has 1 aromatic carbocycles. The van der Waals surface area contributed by atoms with E-state index in [0.717, 1.165) is 0 Å². The summed E-state index contributed by atoms with van der Waals surface area (Å²) in [5, 5.41) is 3.50. The van der Waals surface area contributed by atoms with E-state index >= 15 is 0 Å². The molecule has 2 atom stereocenters. The fraction of sp³-hybridized carbons (Fsp3) is 0.368. The maximum Gasteiger partial charge on any atom is 0.252 e. The lowest BCUT2D eigenvalue weighted by molar-refractivity contribution is -0.0346. The molecule has 1 aliphatic heterocycles. The topological polar surface area (TPSA) is 54.5 Å². The summed E-state index contributed by atoms with van der Waals surface area (Å²) >= 11 is 12.1. The Kier molecular flexibility index (Phi) is 6.65. The molecule has 1 aromatic heterocycles. The van der Waals surface area contributed by atoms with E-state index in [1.54, 1.807) is 24.3 Å². The van der Waals surface area contributed by atoms with Gasteiger partial charge >= 0.3 is 0 Å². The summed E-state index contributed by atoms with van der Waals surface area (Å²) in [5.74, 6) is -0.702. The molecule has 1 aliphatic rings. The number of ether oxygens (including phenoxy) is 1. The van der Waals surface area contributed by atoms with Crippen molar-refractivity contribution in [1.29, 1.82) is 0 Å². The Morgan fingerprint density at radius 3 is 2.89 bits per heavy atom. The van der Waals surface area contributed by atoms with Gasteiger partial charge < -0.3 is 10.1 Å². The van der Waals surface area contributed by atoms with Crippen LogP contribution in [0.15, 0.2) is 36.5 Å². The highest BCUT2D eigenvalue weighted by Crippen LogP contribution is 2.31. The highest BCUT2D eigenvalue weighted by Gasteiger charge is 2.29. The SMILES string of the molecule is CC1CN(C(CNC(=O)c2ccc(Cl)nc2)c2c(F)cccc2Cl)CCO1. The van der Waals surface area contributed by atoms with E-state index in [9.17, 15) is 9.18 Å². The number of amides is 1. The van der Waals surface area contributed by atoms with E-state index in [2.05, 4.69) is 15.2 Å². The van der Waals surface area contributed by atoms with Gasteiger partial charge in [0.2, 0.25) is 0 Å². The number of halogens is 3. The second kappa shape index (κ2) is 8.97. The number of carbonyl (C=O) groups is 1.